The van der Waals surface area contributed by atoms with E-state index in [2.05, 4.69) is 21.2 Å². The first-order chi connectivity index (χ1) is 17.8. The van der Waals surface area contributed by atoms with Gasteiger partial charge in [0.05, 0.1) is 0 Å². The van der Waals surface area contributed by atoms with E-state index in [4.69, 9.17) is 27.9 Å². The number of halogens is 3. The highest BCUT2D eigenvalue weighted by atomic mass is 79.9. The number of benzene rings is 3. The molecule has 0 aliphatic carbocycles. The largest absolute Gasteiger partial charge is 0.488 e. The fraction of sp³-hybridized carbons (Fsp3) is 0.214. The maximum absolute atomic E-state index is 12.9. The smallest absolute Gasteiger partial charge is 0.321 e. The molecule has 6 nitrogen and oxygen atoms in total. The molecule has 1 aliphatic heterocycles. The number of hydrogen-bond acceptors (Lipinski definition) is 3. The minimum atomic E-state index is -0.211. The molecule has 37 heavy (non-hydrogen) atoms. The molecule has 3 amide bonds. The van der Waals surface area contributed by atoms with E-state index in [9.17, 15) is 9.59 Å². The van der Waals surface area contributed by atoms with Gasteiger partial charge in [-0.3, -0.25) is 4.79 Å². The van der Waals surface area contributed by atoms with E-state index < -0.39 is 0 Å². The molecule has 0 aromatic heterocycles. The van der Waals surface area contributed by atoms with Crippen LogP contribution >= 0.6 is 39.1 Å². The van der Waals surface area contributed by atoms with Gasteiger partial charge >= 0.3 is 6.03 Å². The Balaban J connectivity index is 1.33. The molecule has 9 heteroatoms. The van der Waals surface area contributed by atoms with Gasteiger partial charge in [-0.25, -0.2) is 4.79 Å². The first-order valence-corrected chi connectivity index (χ1v) is 13.3. The molecule has 3 aromatic carbocycles. The van der Waals surface area contributed by atoms with Crippen molar-refractivity contribution >= 4 is 62.8 Å². The Morgan fingerprint density at radius 2 is 1.70 bits per heavy atom. The maximum Gasteiger partial charge on any atom is 0.321 e. The fourth-order valence-corrected chi connectivity index (χ4v) is 4.57. The van der Waals surface area contributed by atoms with E-state index >= 15 is 0 Å². The van der Waals surface area contributed by atoms with Crippen molar-refractivity contribution in [2.75, 3.05) is 31.5 Å². The van der Waals surface area contributed by atoms with Gasteiger partial charge in [0.15, 0.2) is 0 Å². The number of piperazine rings is 1. The quantitative estimate of drug-likeness (QED) is 0.308. The first kappa shape index (κ1) is 27.0. The van der Waals surface area contributed by atoms with Gasteiger partial charge in [-0.2, -0.15) is 0 Å². The van der Waals surface area contributed by atoms with Crippen LogP contribution in [0.3, 0.4) is 0 Å². The summed E-state index contributed by atoms with van der Waals surface area (Å²) in [5.74, 6) is 0.521. The van der Waals surface area contributed by atoms with Gasteiger partial charge in [0.2, 0.25) is 5.91 Å². The molecule has 1 N–H and O–H groups in total. The monoisotopic (exact) mass is 601 g/mol. The van der Waals surface area contributed by atoms with Gasteiger partial charge < -0.3 is 19.9 Å². The molecule has 4 rings (SSSR count). The third-order valence-corrected chi connectivity index (χ3v) is 7.29. The zero-order valence-corrected chi connectivity index (χ0v) is 23.3. The van der Waals surface area contributed by atoms with Crippen LogP contribution in [0.2, 0.25) is 10.0 Å². The Hall–Kier alpha value is -3.00. The second-order valence-electron chi connectivity index (χ2n) is 8.60. The van der Waals surface area contributed by atoms with Crippen molar-refractivity contribution in [3.05, 3.63) is 97.9 Å². The average Bonchev–Trinajstić information content (AvgIpc) is 2.89. The van der Waals surface area contributed by atoms with Crippen LogP contribution in [0.5, 0.6) is 5.75 Å². The number of urea groups is 1. The van der Waals surface area contributed by atoms with Crippen LogP contribution in [0.25, 0.3) is 6.08 Å². The number of nitrogens with zero attached hydrogens (tertiary/aromatic N) is 2. The first-order valence-electron chi connectivity index (χ1n) is 11.7. The summed E-state index contributed by atoms with van der Waals surface area (Å²) in [6, 6.07) is 18.3. The SMILES string of the molecule is Cc1ccc(NC(=O)N2CCN(C(=O)/C=C/c3cc(Br)ccc3OCc3ccccc3Cl)CC2)cc1Cl. The molecule has 0 bridgehead atoms. The Morgan fingerprint density at radius 1 is 0.973 bits per heavy atom. The normalized spacial score (nSPS) is 13.6. The third-order valence-electron chi connectivity index (χ3n) is 6.02. The summed E-state index contributed by atoms with van der Waals surface area (Å²) in [6.07, 6.45) is 3.28. The van der Waals surface area contributed by atoms with E-state index in [0.29, 0.717) is 54.3 Å². The molecule has 3 aromatic rings. The van der Waals surface area contributed by atoms with Gasteiger partial charge in [0.1, 0.15) is 12.4 Å². The highest BCUT2D eigenvalue weighted by molar-refractivity contribution is 9.10. The number of hydrogen-bond donors (Lipinski definition) is 1. The topological polar surface area (TPSA) is 61.9 Å². The molecule has 0 unspecified atom stereocenters. The van der Waals surface area contributed by atoms with E-state index in [-0.39, 0.29) is 11.9 Å². The summed E-state index contributed by atoms with van der Waals surface area (Å²) >= 11 is 15.9. The van der Waals surface area contributed by atoms with Crippen molar-refractivity contribution in [2.45, 2.75) is 13.5 Å². The van der Waals surface area contributed by atoms with E-state index in [1.54, 1.807) is 21.9 Å². The lowest BCUT2D eigenvalue weighted by molar-refractivity contribution is -0.127. The van der Waals surface area contributed by atoms with Crippen molar-refractivity contribution in [3.8, 4) is 5.75 Å². The predicted octanol–water partition coefficient (Wildman–Crippen LogP) is 7.03. The molecule has 0 atom stereocenters. The van der Waals surface area contributed by atoms with Crippen LogP contribution in [0, 0.1) is 6.92 Å². The summed E-state index contributed by atoms with van der Waals surface area (Å²) in [6.45, 7) is 3.99. The Morgan fingerprint density at radius 3 is 2.43 bits per heavy atom. The van der Waals surface area contributed by atoms with Crippen molar-refractivity contribution in [3.63, 3.8) is 0 Å². The molecule has 1 heterocycles. The highest BCUT2D eigenvalue weighted by Gasteiger charge is 2.23. The number of anilines is 1. The lowest BCUT2D eigenvalue weighted by atomic mass is 10.1. The van der Waals surface area contributed by atoms with Gasteiger partial charge in [0.25, 0.3) is 0 Å². The van der Waals surface area contributed by atoms with Crippen molar-refractivity contribution in [1.29, 1.82) is 0 Å². The van der Waals surface area contributed by atoms with E-state index in [1.807, 2.05) is 61.5 Å². The molecule has 1 fully saturated rings. The van der Waals surface area contributed by atoms with Gasteiger partial charge in [-0.05, 0) is 55.0 Å². The second kappa shape index (κ2) is 12.5. The van der Waals surface area contributed by atoms with Gasteiger partial charge in [0, 0.05) is 63.6 Å². The predicted molar refractivity (Wildman–Crippen MR) is 152 cm³/mol. The summed E-state index contributed by atoms with van der Waals surface area (Å²) in [5.41, 5.74) is 3.24. The number of carbonyl (C=O) groups is 2. The number of aryl methyl sites for hydroxylation is 1. The number of nitrogens with one attached hydrogen (secondary N) is 1. The summed E-state index contributed by atoms with van der Waals surface area (Å²) in [5, 5.41) is 4.11. The zero-order valence-electron chi connectivity index (χ0n) is 20.2. The Bertz CT molecular complexity index is 1320. The molecule has 0 saturated carbocycles. The van der Waals surface area contributed by atoms with Crippen LogP contribution in [-0.2, 0) is 11.4 Å². The van der Waals surface area contributed by atoms with Crippen molar-refractivity contribution in [1.82, 2.24) is 9.80 Å². The lowest BCUT2D eigenvalue weighted by Crippen LogP contribution is -2.51. The van der Waals surface area contributed by atoms with Crippen LogP contribution in [0.1, 0.15) is 16.7 Å². The summed E-state index contributed by atoms with van der Waals surface area (Å²) < 4.78 is 6.87. The summed E-state index contributed by atoms with van der Waals surface area (Å²) in [7, 11) is 0. The van der Waals surface area contributed by atoms with Crippen LogP contribution in [0.4, 0.5) is 10.5 Å². The highest BCUT2D eigenvalue weighted by Crippen LogP contribution is 2.27. The van der Waals surface area contributed by atoms with Gasteiger partial charge in [-0.1, -0.05) is 63.4 Å². The zero-order chi connectivity index (χ0) is 26.4. The summed E-state index contributed by atoms with van der Waals surface area (Å²) in [4.78, 5) is 28.9. The van der Waals surface area contributed by atoms with Crippen LogP contribution < -0.4 is 10.1 Å². The maximum atomic E-state index is 12.9. The minimum absolute atomic E-state index is 0.123. The average molecular weight is 603 g/mol. The second-order valence-corrected chi connectivity index (χ2v) is 10.3. The number of amides is 3. The third kappa shape index (κ3) is 7.28. The van der Waals surface area contributed by atoms with E-state index in [1.165, 1.54) is 6.08 Å². The van der Waals surface area contributed by atoms with Crippen molar-refractivity contribution in [2.24, 2.45) is 0 Å². The molecule has 1 aliphatic rings. The Labute approximate surface area is 234 Å². The van der Waals surface area contributed by atoms with Crippen LogP contribution in [0.15, 0.2) is 71.2 Å². The molecular formula is C28H26BrCl2N3O3. The van der Waals surface area contributed by atoms with Crippen LogP contribution in [-0.4, -0.2) is 47.9 Å². The van der Waals surface area contributed by atoms with Gasteiger partial charge in [-0.15, -0.1) is 0 Å². The standard InChI is InChI=1S/C28H26BrCl2N3O3/c1-19-6-9-23(17-25(19)31)32-28(36)34-14-12-33(13-15-34)27(35)11-7-20-16-22(29)8-10-26(20)37-18-21-4-2-3-5-24(21)30/h2-11,16-17H,12-15,18H2,1H3,(H,32,36)/b11-7+. The minimum Gasteiger partial charge on any atom is -0.488 e. The number of ether oxygens (including phenoxy) is 1. The molecule has 192 valence electrons. The van der Waals surface area contributed by atoms with Crippen molar-refractivity contribution < 1.29 is 14.3 Å². The number of rotatable bonds is 6. The lowest BCUT2D eigenvalue weighted by Gasteiger charge is -2.34. The molecule has 1 saturated heterocycles. The molecule has 0 spiro atoms. The number of carbonyl (C=O) groups excluding carboxylic acids is 2. The Kier molecular flexibility index (Phi) is 9.14. The van der Waals surface area contributed by atoms with E-state index in [0.717, 1.165) is 21.2 Å². The molecular weight excluding hydrogens is 577 g/mol. The fourth-order valence-electron chi connectivity index (χ4n) is 3.82. The molecule has 0 radical (unpaired) electrons.